The smallest absolute Gasteiger partial charge is 0.310 e. The number of rotatable bonds is 6. The molecule has 1 aromatic carbocycles. The molecular formula is C13H19ClN2O3. The Balaban J connectivity index is 0.00000324. The van der Waals surface area contributed by atoms with Crippen LogP contribution < -0.4 is 11.1 Å². The Morgan fingerprint density at radius 1 is 1.32 bits per heavy atom. The van der Waals surface area contributed by atoms with Crippen molar-refractivity contribution >= 4 is 24.3 Å². The van der Waals surface area contributed by atoms with Crippen molar-refractivity contribution in [2.24, 2.45) is 11.7 Å². The summed E-state index contributed by atoms with van der Waals surface area (Å²) < 4.78 is 5.13. The Morgan fingerprint density at radius 2 is 1.95 bits per heavy atom. The second-order valence-corrected chi connectivity index (χ2v) is 4.00. The highest BCUT2D eigenvalue weighted by Gasteiger charge is 2.15. The third-order valence-electron chi connectivity index (χ3n) is 2.42. The van der Waals surface area contributed by atoms with Crippen molar-refractivity contribution in [1.29, 1.82) is 0 Å². The van der Waals surface area contributed by atoms with Gasteiger partial charge in [0.1, 0.15) is 6.61 Å². The Hall–Kier alpha value is -1.59. The highest BCUT2D eigenvalue weighted by atomic mass is 35.5. The number of halogens is 1. The monoisotopic (exact) mass is 286 g/mol. The zero-order valence-corrected chi connectivity index (χ0v) is 11.6. The maximum atomic E-state index is 11.6. The van der Waals surface area contributed by atoms with Gasteiger partial charge in [0.15, 0.2) is 0 Å². The second-order valence-electron chi connectivity index (χ2n) is 4.00. The lowest BCUT2D eigenvalue weighted by Crippen LogP contribution is -2.36. The van der Waals surface area contributed by atoms with Crippen molar-refractivity contribution < 1.29 is 14.3 Å². The average Bonchev–Trinajstić information content (AvgIpc) is 2.42. The number of ether oxygens (including phenoxy) is 1. The van der Waals surface area contributed by atoms with Crippen LogP contribution in [0.1, 0.15) is 12.5 Å². The summed E-state index contributed by atoms with van der Waals surface area (Å²) in [4.78, 5) is 22.5. The SMILES string of the molecule is C[C@H](CNC(=O)CN)C(=O)OCc1ccccc1.Cl. The first-order chi connectivity index (χ1) is 8.63. The molecule has 0 fully saturated rings. The normalized spacial score (nSPS) is 11.1. The molecule has 1 rings (SSSR count). The third kappa shape index (κ3) is 6.79. The Bertz CT molecular complexity index is 398. The number of esters is 1. The van der Waals surface area contributed by atoms with Crippen LogP contribution in [0.15, 0.2) is 30.3 Å². The molecule has 0 aromatic heterocycles. The van der Waals surface area contributed by atoms with Crippen molar-refractivity contribution in [3.8, 4) is 0 Å². The van der Waals surface area contributed by atoms with Gasteiger partial charge in [-0.05, 0) is 5.56 Å². The predicted octanol–water partition coefficient (Wildman–Crippen LogP) is 0.863. The summed E-state index contributed by atoms with van der Waals surface area (Å²) >= 11 is 0. The lowest BCUT2D eigenvalue weighted by Gasteiger charge is -2.12. The van der Waals surface area contributed by atoms with Gasteiger partial charge < -0.3 is 15.8 Å². The number of benzene rings is 1. The van der Waals surface area contributed by atoms with E-state index >= 15 is 0 Å². The zero-order chi connectivity index (χ0) is 13.4. The quantitative estimate of drug-likeness (QED) is 0.760. The van der Waals surface area contributed by atoms with Crippen LogP contribution in [-0.2, 0) is 20.9 Å². The van der Waals surface area contributed by atoms with E-state index in [1.807, 2.05) is 30.3 Å². The van der Waals surface area contributed by atoms with Crippen molar-refractivity contribution in [2.75, 3.05) is 13.1 Å². The predicted molar refractivity (Wildman–Crippen MR) is 74.7 cm³/mol. The van der Waals surface area contributed by atoms with E-state index in [2.05, 4.69) is 5.32 Å². The largest absolute Gasteiger partial charge is 0.461 e. The molecule has 0 saturated heterocycles. The van der Waals surface area contributed by atoms with Crippen molar-refractivity contribution in [1.82, 2.24) is 5.32 Å². The molecule has 1 atom stereocenters. The van der Waals surface area contributed by atoms with E-state index in [4.69, 9.17) is 10.5 Å². The summed E-state index contributed by atoms with van der Waals surface area (Å²) in [6.45, 7) is 2.11. The van der Waals surface area contributed by atoms with Gasteiger partial charge in [-0.25, -0.2) is 0 Å². The van der Waals surface area contributed by atoms with Gasteiger partial charge in [0.05, 0.1) is 12.5 Å². The third-order valence-corrected chi connectivity index (χ3v) is 2.42. The molecule has 0 aliphatic carbocycles. The minimum absolute atomic E-state index is 0. The summed E-state index contributed by atoms with van der Waals surface area (Å²) in [5.74, 6) is -1.00. The Kier molecular flexibility index (Phi) is 8.57. The number of carbonyl (C=O) groups is 2. The molecule has 6 heteroatoms. The first-order valence-electron chi connectivity index (χ1n) is 5.80. The van der Waals surface area contributed by atoms with E-state index in [-0.39, 0.29) is 49.9 Å². The summed E-state index contributed by atoms with van der Waals surface area (Å²) in [5.41, 5.74) is 6.08. The maximum Gasteiger partial charge on any atom is 0.310 e. The lowest BCUT2D eigenvalue weighted by atomic mass is 10.2. The van der Waals surface area contributed by atoms with Gasteiger partial charge in [0.2, 0.25) is 5.91 Å². The molecular weight excluding hydrogens is 268 g/mol. The van der Waals surface area contributed by atoms with Gasteiger partial charge >= 0.3 is 5.97 Å². The molecule has 0 spiro atoms. The van der Waals surface area contributed by atoms with E-state index in [1.165, 1.54) is 0 Å². The minimum Gasteiger partial charge on any atom is -0.461 e. The zero-order valence-electron chi connectivity index (χ0n) is 10.8. The number of hydrogen-bond donors (Lipinski definition) is 2. The molecule has 0 aliphatic heterocycles. The van der Waals surface area contributed by atoms with Gasteiger partial charge in [-0.15, -0.1) is 12.4 Å². The van der Waals surface area contributed by atoms with E-state index in [1.54, 1.807) is 6.92 Å². The topological polar surface area (TPSA) is 81.4 Å². The molecule has 0 heterocycles. The Morgan fingerprint density at radius 3 is 2.53 bits per heavy atom. The fraction of sp³-hybridized carbons (Fsp3) is 0.385. The fourth-order valence-electron chi connectivity index (χ4n) is 1.29. The molecule has 0 unspecified atom stereocenters. The molecule has 19 heavy (non-hydrogen) atoms. The second kappa shape index (κ2) is 9.35. The van der Waals surface area contributed by atoms with Crippen LogP contribution in [0.3, 0.4) is 0 Å². The summed E-state index contributed by atoms with van der Waals surface area (Å²) in [6.07, 6.45) is 0. The highest BCUT2D eigenvalue weighted by Crippen LogP contribution is 2.04. The molecule has 0 bridgehead atoms. The van der Waals surface area contributed by atoms with Crippen LogP contribution in [0.4, 0.5) is 0 Å². The number of hydrogen-bond acceptors (Lipinski definition) is 4. The first-order valence-corrected chi connectivity index (χ1v) is 5.80. The summed E-state index contributed by atoms with van der Waals surface area (Å²) in [5, 5.41) is 2.55. The van der Waals surface area contributed by atoms with Crippen LogP contribution in [0.2, 0.25) is 0 Å². The van der Waals surface area contributed by atoms with E-state index in [0.29, 0.717) is 0 Å². The van der Waals surface area contributed by atoms with E-state index in [9.17, 15) is 9.59 Å². The number of nitrogens with two attached hydrogens (primary N) is 1. The van der Waals surface area contributed by atoms with Gasteiger partial charge in [-0.2, -0.15) is 0 Å². The molecule has 0 radical (unpaired) electrons. The molecule has 1 aromatic rings. The van der Waals surface area contributed by atoms with Crippen LogP contribution in [-0.4, -0.2) is 25.0 Å². The number of carbonyl (C=O) groups excluding carboxylic acids is 2. The van der Waals surface area contributed by atoms with E-state index in [0.717, 1.165) is 5.56 Å². The molecule has 5 nitrogen and oxygen atoms in total. The highest BCUT2D eigenvalue weighted by molar-refractivity contribution is 5.85. The van der Waals surface area contributed by atoms with Gasteiger partial charge in [-0.3, -0.25) is 9.59 Å². The standard InChI is InChI=1S/C13H18N2O3.ClH/c1-10(8-15-12(16)7-14)13(17)18-9-11-5-3-2-4-6-11;/h2-6,10H,7-9,14H2,1H3,(H,15,16);1H/t10-;/m1./s1. The van der Waals surface area contributed by atoms with Crippen molar-refractivity contribution in [2.45, 2.75) is 13.5 Å². The lowest BCUT2D eigenvalue weighted by molar-refractivity contribution is -0.149. The number of amides is 1. The van der Waals surface area contributed by atoms with Gasteiger partial charge in [0.25, 0.3) is 0 Å². The van der Waals surface area contributed by atoms with Crippen molar-refractivity contribution in [3.05, 3.63) is 35.9 Å². The maximum absolute atomic E-state index is 11.6. The van der Waals surface area contributed by atoms with Crippen LogP contribution in [0.5, 0.6) is 0 Å². The van der Waals surface area contributed by atoms with E-state index < -0.39 is 0 Å². The Labute approximate surface area is 118 Å². The molecule has 106 valence electrons. The summed E-state index contributed by atoms with van der Waals surface area (Å²) in [7, 11) is 0. The molecule has 0 saturated carbocycles. The molecule has 1 amide bonds. The minimum atomic E-state index is -0.385. The van der Waals surface area contributed by atoms with Gasteiger partial charge in [0, 0.05) is 6.54 Å². The van der Waals surface area contributed by atoms with Crippen LogP contribution >= 0.6 is 12.4 Å². The van der Waals surface area contributed by atoms with Crippen LogP contribution in [0, 0.1) is 5.92 Å². The van der Waals surface area contributed by atoms with Gasteiger partial charge in [-0.1, -0.05) is 37.3 Å². The molecule has 3 N–H and O–H groups in total. The fourth-order valence-corrected chi connectivity index (χ4v) is 1.29. The van der Waals surface area contributed by atoms with Crippen LogP contribution in [0.25, 0.3) is 0 Å². The number of nitrogens with one attached hydrogen (secondary N) is 1. The van der Waals surface area contributed by atoms with Crippen molar-refractivity contribution in [3.63, 3.8) is 0 Å². The average molecular weight is 287 g/mol. The first kappa shape index (κ1) is 17.4. The summed E-state index contributed by atoms with van der Waals surface area (Å²) in [6, 6.07) is 9.43. The molecule has 0 aliphatic rings.